The molecule has 1 fully saturated rings. The van der Waals surface area contributed by atoms with Gasteiger partial charge in [0.1, 0.15) is 0 Å². The van der Waals surface area contributed by atoms with E-state index in [1.165, 1.54) is 6.92 Å². The van der Waals surface area contributed by atoms with Crippen molar-refractivity contribution in [3.05, 3.63) is 12.2 Å². The Hall–Kier alpha value is -0.390. The van der Waals surface area contributed by atoms with Gasteiger partial charge in [0.05, 0.1) is 13.2 Å². The fourth-order valence-electron chi connectivity index (χ4n) is 1.10. The van der Waals surface area contributed by atoms with Crippen LogP contribution in [0.3, 0.4) is 0 Å². The fraction of sp³-hybridized carbons (Fsp3) is 0.700. The molecule has 0 saturated carbocycles. The number of ether oxygens (including phenoxy) is 1. The Morgan fingerprint density at radius 3 is 2.94 bits per heavy atom. The minimum absolute atomic E-state index is 0.114. The minimum atomic E-state index is -3.90. The van der Waals surface area contributed by atoms with E-state index in [0.717, 1.165) is 0 Å². The summed E-state index contributed by atoms with van der Waals surface area (Å²) in [7, 11) is -3.90. The Morgan fingerprint density at radius 1 is 1.61 bits per heavy atom. The second-order valence-corrected chi connectivity index (χ2v) is 5.60. The third kappa shape index (κ3) is 5.08. The molecular formula is C10H16ClO6P. The average Bonchev–Trinajstić information content (AvgIpc) is 2.28. The standard InChI is InChI=1S/C10H16ClO6P/c1-8(2)10(12)17-18(13)15-7-4-9(16-18)14-6-3-5-11/h9H,1,3-7H2,2H3. The van der Waals surface area contributed by atoms with Crippen LogP contribution in [0.1, 0.15) is 19.8 Å². The number of phosphoric acid groups is 1. The molecule has 0 spiro atoms. The first-order valence-corrected chi connectivity index (χ1v) is 7.46. The zero-order valence-electron chi connectivity index (χ0n) is 10.1. The smallest absolute Gasteiger partial charge is 0.367 e. The zero-order valence-corrected chi connectivity index (χ0v) is 11.7. The Morgan fingerprint density at radius 2 is 2.33 bits per heavy atom. The van der Waals surface area contributed by atoms with E-state index in [0.29, 0.717) is 25.3 Å². The predicted molar refractivity (Wildman–Crippen MR) is 65.2 cm³/mol. The van der Waals surface area contributed by atoms with Crippen molar-refractivity contribution in [3.63, 3.8) is 0 Å². The summed E-state index contributed by atoms with van der Waals surface area (Å²) < 4.78 is 31.8. The molecule has 2 unspecified atom stereocenters. The van der Waals surface area contributed by atoms with E-state index in [9.17, 15) is 9.36 Å². The molecule has 1 rings (SSSR count). The molecule has 1 aliphatic heterocycles. The van der Waals surface area contributed by atoms with Gasteiger partial charge in [0.15, 0.2) is 6.29 Å². The van der Waals surface area contributed by atoms with Gasteiger partial charge in [-0.15, -0.1) is 11.6 Å². The zero-order chi connectivity index (χ0) is 13.6. The SMILES string of the molecule is C=C(C)C(=O)OP1(=O)OCCC(OCCCCl)O1. The molecule has 0 aliphatic carbocycles. The van der Waals surface area contributed by atoms with Gasteiger partial charge < -0.3 is 9.26 Å². The van der Waals surface area contributed by atoms with Crippen molar-refractivity contribution in [1.82, 2.24) is 0 Å². The molecular weight excluding hydrogens is 283 g/mol. The van der Waals surface area contributed by atoms with Crippen LogP contribution in [-0.4, -0.2) is 31.4 Å². The first-order chi connectivity index (χ1) is 8.47. The quantitative estimate of drug-likeness (QED) is 0.325. The molecule has 0 amide bonds. The van der Waals surface area contributed by atoms with Crippen LogP contribution < -0.4 is 0 Å². The summed E-state index contributed by atoms with van der Waals surface area (Å²) in [6.07, 6.45) is 0.348. The van der Waals surface area contributed by atoms with Gasteiger partial charge in [0.25, 0.3) is 0 Å². The van der Waals surface area contributed by atoms with Crippen molar-refractivity contribution in [1.29, 1.82) is 0 Å². The molecule has 2 atom stereocenters. The number of carbonyl (C=O) groups is 1. The van der Waals surface area contributed by atoms with E-state index < -0.39 is 20.1 Å². The van der Waals surface area contributed by atoms with Crippen molar-refractivity contribution >= 4 is 25.4 Å². The lowest BCUT2D eigenvalue weighted by Gasteiger charge is -2.27. The summed E-state index contributed by atoms with van der Waals surface area (Å²) in [6.45, 7) is 5.32. The summed E-state index contributed by atoms with van der Waals surface area (Å²) in [5, 5.41) is 0. The molecule has 104 valence electrons. The van der Waals surface area contributed by atoms with Crippen LogP contribution in [0.2, 0.25) is 0 Å². The van der Waals surface area contributed by atoms with E-state index in [1.807, 2.05) is 0 Å². The Labute approximate surface area is 111 Å². The fourth-order valence-corrected chi connectivity index (χ4v) is 2.51. The van der Waals surface area contributed by atoms with Crippen LogP contribution in [0.5, 0.6) is 0 Å². The van der Waals surface area contributed by atoms with E-state index in [1.54, 1.807) is 0 Å². The molecule has 0 radical (unpaired) electrons. The van der Waals surface area contributed by atoms with Gasteiger partial charge in [0, 0.05) is 17.9 Å². The third-order valence-corrected chi connectivity index (χ3v) is 3.62. The molecule has 8 heteroatoms. The maximum atomic E-state index is 12.0. The Bertz CT molecular complexity index is 358. The second-order valence-electron chi connectivity index (χ2n) is 3.68. The van der Waals surface area contributed by atoms with Gasteiger partial charge in [-0.1, -0.05) is 6.58 Å². The van der Waals surface area contributed by atoms with Gasteiger partial charge in [-0.3, -0.25) is 4.52 Å². The van der Waals surface area contributed by atoms with Crippen LogP contribution in [0.25, 0.3) is 0 Å². The molecule has 1 aliphatic rings. The molecule has 1 saturated heterocycles. The molecule has 0 aromatic carbocycles. The lowest BCUT2D eigenvalue weighted by Crippen LogP contribution is -2.25. The molecule has 6 nitrogen and oxygen atoms in total. The predicted octanol–water partition coefficient (Wildman–Crippen LogP) is 2.62. The van der Waals surface area contributed by atoms with Crippen molar-refractivity contribution in [2.75, 3.05) is 19.1 Å². The van der Waals surface area contributed by atoms with Crippen LogP contribution in [0.15, 0.2) is 12.2 Å². The van der Waals surface area contributed by atoms with Gasteiger partial charge in [-0.2, -0.15) is 0 Å². The largest absolute Gasteiger partial charge is 0.534 e. The van der Waals surface area contributed by atoms with Gasteiger partial charge in [-0.25, -0.2) is 13.9 Å². The first kappa shape index (κ1) is 15.7. The van der Waals surface area contributed by atoms with Crippen molar-refractivity contribution in [2.45, 2.75) is 26.1 Å². The summed E-state index contributed by atoms with van der Waals surface area (Å²) >= 11 is 5.50. The Kier molecular flexibility index (Phi) is 6.32. The number of halogens is 1. The number of alkyl halides is 1. The third-order valence-electron chi connectivity index (χ3n) is 1.97. The normalized spacial score (nSPS) is 27.8. The average molecular weight is 299 g/mol. The highest BCUT2D eigenvalue weighted by atomic mass is 35.5. The molecule has 0 aromatic heterocycles. The van der Waals surface area contributed by atoms with E-state index in [4.69, 9.17) is 25.4 Å². The van der Waals surface area contributed by atoms with E-state index in [-0.39, 0.29) is 12.2 Å². The topological polar surface area (TPSA) is 71.1 Å². The van der Waals surface area contributed by atoms with E-state index >= 15 is 0 Å². The van der Waals surface area contributed by atoms with Crippen LogP contribution >= 0.6 is 19.4 Å². The van der Waals surface area contributed by atoms with Crippen LogP contribution in [0, 0.1) is 0 Å². The number of hydrogen-bond donors (Lipinski definition) is 0. The lowest BCUT2D eigenvalue weighted by atomic mass is 10.4. The van der Waals surface area contributed by atoms with Gasteiger partial charge in [0.2, 0.25) is 0 Å². The molecule has 18 heavy (non-hydrogen) atoms. The Balaban J connectivity index is 2.48. The maximum absolute atomic E-state index is 12.0. The molecule has 0 bridgehead atoms. The van der Waals surface area contributed by atoms with Gasteiger partial charge in [-0.05, 0) is 13.3 Å². The molecule has 0 N–H and O–H groups in total. The highest BCUT2D eigenvalue weighted by molar-refractivity contribution is 7.49. The number of hydrogen-bond acceptors (Lipinski definition) is 6. The van der Waals surface area contributed by atoms with Crippen molar-refractivity contribution < 1.29 is 27.7 Å². The van der Waals surface area contributed by atoms with Crippen LogP contribution in [-0.2, 0) is 27.7 Å². The monoisotopic (exact) mass is 298 g/mol. The number of carbonyl (C=O) groups excluding carboxylic acids is 1. The minimum Gasteiger partial charge on any atom is -0.367 e. The molecule has 1 heterocycles. The summed E-state index contributed by atoms with van der Waals surface area (Å²) in [6, 6.07) is 0. The highest BCUT2D eigenvalue weighted by Gasteiger charge is 2.39. The summed E-state index contributed by atoms with van der Waals surface area (Å²) in [5.41, 5.74) is 0.114. The number of rotatable bonds is 6. The number of phosphoric ester groups is 1. The van der Waals surface area contributed by atoms with Crippen molar-refractivity contribution in [2.24, 2.45) is 0 Å². The summed E-state index contributed by atoms with van der Waals surface area (Å²) in [5.74, 6) is -0.356. The van der Waals surface area contributed by atoms with Crippen LogP contribution in [0.4, 0.5) is 0 Å². The first-order valence-electron chi connectivity index (χ1n) is 5.47. The maximum Gasteiger partial charge on any atom is 0.534 e. The lowest BCUT2D eigenvalue weighted by molar-refractivity contribution is -0.144. The molecule has 0 aromatic rings. The summed E-state index contributed by atoms with van der Waals surface area (Å²) in [4.78, 5) is 11.3. The van der Waals surface area contributed by atoms with Gasteiger partial charge >= 0.3 is 13.8 Å². The van der Waals surface area contributed by atoms with Crippen molar-refractivity contribution in [3.8, 4) is 0 Å². The van der Waals surface area contributed by atoms with E-state index in [2.05, 4.69) is 11.1 Å². The highest BCUT2D eigenvalue weighted by Crippen LogP contribution is 2.54. The second kappa shape index (κ2) is 7.26.